The number of halogens is 2. The number of aliphatic hydroxyl groups excluding tert-OH is 1. The average molecular weight is 494 g/mol. The third-order valence-electron chi connectivity index (χ3n) is 7.09. The smallest absolute Gasteiger partial charge is 0.277 e. The zero-order chi connectivity index (χ0) is 24.8. The summed E-state index contributed by atoms with van der Waals surface area (Å²) >= 11 is 0. The van der Waals surface area contributed by atoms with Crippen molar-refractivity contribution in [2.45, 2.75) is 50.3 Å². The van der Waals surface area contributed by atoms with Crippen LogP contribution in [0.3, 0.4) is 0 Å². The van der Waals surface area contributed by atoms with Gasteiger partial charge in [0.05, 0.1) is 24.7 Å². The van der Waals surface area contributed by atoms with Crippen LogP contribution in [0.5, 0.6) is 0 Å². The summed E-state index contributed by atoms with van der Waals surface area (Å²) in [6.07, 6.45) is 8.21. The Morgan fingerprint density at radius 1 is 1.11 bits per heavy atom. The molecule has 1 amide bonds. The fourth-order valence-corrected chi connectivity index (χ4v) is 5.28. The first kappa shape index (κ1) is 22.6. The first-order valence-corrected chi connectivity index (χ1v) is 12.1. The summed E-state index contributed by atoms with van der Waals surface area (Å²) in [6.45, 7) is 0.642. The minimum absolute atomic E-state index is 0.130. The lowest BCUT2D eigenvalue weighted by molar-refractivity contribution is 0.102. The molecule has 1 aliphatic heterocycles. The number of benzene rings is 1. The molecule has 1 aromatic carbocycles. The number of carbonyl (C=O) groups excluding carboxylic acids is 1. The Balaban J connectivity index is 1.25. The van der Waals surface area contributed by atoms with Crippen LogP contribution in [-0.4, -0.2) is 47.8 Å². The molecule has 0 radical (unpaired) electrons. The Labute approximate surface area is 205 Å². The molecule has 0 spiro atoms. The van der Waals surface area contributed by atoms with E-state index in [-0.39, 0.29) is 23.9 Å². The van der Waals surface area contributed by atoms with Crippen molar-refractivity contribution in [3.63, 3.8) is 0 Å². The molecule has 2 fully saturated rings. The molecular formula is C25H25F2N7O2. The predicted molar refractivity (Wildman–Crippen MR) is 128 cm³/mol. The van der Waals surface area contributed by atoms with E-state index in [2.05, 4.69) is 20.4 Å². The van der Waals surface area contributed by atoms with E-state index in [0.29, 0.717) is 42.2 Å². The van der Waals surface area contributed by atoms with E-state index in [1.807, 2.05) is 9.47 Å². The second-order valence-electron chi connectivity index (χ2n) is 9.40. The predicted octanol–water partition coefficient (Wildman–Crippen LogP) is 3.88. The molecule has 3 aromatic heterocycles. The van der Waals surface area contributed by atoms with Crippen LogP contribution in [0.25, 0.3) is 5.65 Å². The standard InChI is InChI=1S/C25H25F2N7O2/c26-15-3-6-19(27)18(10-15)21-2-1-9-33(21)23-8-7-22-28-12-24(34(22)31-23)30-25(36)20-13-32(14-29-20)16-4-5-17(35)11-16/h3,6-8,10,12-14,16-17,21,35H,1-2,4-5,9,11H2,(H,30,36)/t16?,17?,21-/m1/s1. The Kier molecular flexibility index (Phi) is 5.63. The van der Waals surface area contributed by atoms with Crippen molar-refractivity contribution in [3.8, 4) is 0 Å². The van der Waals surface area contributed by atoms with Gasteiger partial charge < -0.3 is 19.9 Å². The number of nitrogens with one attached hydrogen (secondary N) is 1. The van der Waals surface area contributed by atoms with Crippen LogP contribution in [0, 0.1) is 11.6 Å². The van der Waals surface area contributed by atoms with Crippen molar-refractivity contribution in [2.24, 2.45) is 0 Å². The van der Waals surface area contributed by atoms with E-state index >= 15 is 0 Å². The highest BCUT2D eigenvalue weighted by Gasteiger charge is 2.30. The zero-order valence-corrected chi connectivity index (χ0v) is 19.4. The molecule has 186 valence electrons. The molecular weight excluding hydrogens is 468 g/mol. The van der Waals surface area contributed by atoms with Gasteiger partial charge in [-0.2, -0.15) is 4.52 Å². The molecule has 36 heavy (non-hydrogen) atoms. The number of hydrogen-bond acceptors (Lipinski definition) is 6. The molecule has 0 bridgehead atoms. The molecule has 1 saturated carbocycles. The summed E-state index contributed by atoms with van der Waals surface area (Å²) in [5, 5.41) is 17.3. The summed E-state index contributed by atoms with van der Waals surface area (Å²) in [6, 6.07) is 6.86. The second kappa shape index (κ2) is 8.98. The average Bonchev–Trinajstić information content (AvgIpc) is 3.67. The summed E-state index contributed by atoms with van der Waals surface area (Å²) in [5.41, 5.74) is 1.09. The summed E-state index contributed by atoms with van der Waals surface area (Å²) < 4.78 is 31.7. The lowest BCUT2D eigenvalue weighted by Gasteiger charge is -2.26. The molecule has 1 aliphatic carbocycles. The van der Waals surface area contributed by atoms with Crippen molar-refractivity contribution in [3.05, 3.63) is 71.9 Å². The van der Waals surface area contributed by atoms with E-state index in [9.17, 15) is 18.7 Å². The van der Waals surface area contributed by atoms with E-state index < -0.39 is 17.5 Å². The van der Waals surface area contributed by atoms with E-state index in [1.165, 1.54) is 16.8 Å². The SMILES string of the molecule is O=C(Nc1cnc2ccc(N3CCC[C@@H]3c3cc(F)ccc3F)nn12)c1cn(C2CCC(O)C2)cn1. The van der Waals surface area contributed by atoms with Crippen LogP contribution in [0.2, 0.25) is 0 Å². The molecule has 11 heteroatoms. The van der Waals surface area contributed by atoms with Gasteiger partial charge in [-0.15, -0.1) is 5.10 Å². The molecule has 1 saturated heterocycles. The van der Waals surface area contributed by atoms with Gasteiger partial charge in [0.1, 0.15) is 23.1 Å². The fraction of sp³-hybridized carbons (Fsp3) is 0.360. The maximum atomic E-state index is 14.5. The van der Waals surface area contributed by atoms with Crippen LogP contribution in [-0.2, 0) is 0 Å². The largest absolute Gasteiger partial charge is 0.393 e. The number of aliphatic hydroxyl groups is 1. The van der Waals surface area contributed by atoms with Crippen LogP contribution >= 0.6 is 0 Å². The molecule has 4 aromatic rings. The van der Waals surface area contributed by atoms with Gasteiger partial charge in [0.15, 0.2) is 11.5 Å². The van der Waals surface area contributed by atoms with Gasteiger partial charge in [0.25, 0.3) is 5.91 Å². The van der Waals surface area contributed by atoms with Crippen LogP contribution in [0.4, 0.5) is 20.4 Å². The van der Waals surface area contributed by atoms with Crippen molar-refractivity contribution in [1.29, 1.82) is 0 Å². The highest BCUT2D eigenvalue weighted by atomic mass is 19.1. The van der Waals surface area contributed by atoms with Gasteiger partial charge >= 0.3 is 0 Å². The third-order valence-corrected chi connectivity index (χ3v) is 7.09. The third kappa shape index (κ3) is 4.09. The number of rotatable bonds is 5. The number of hydrogen-bond donors (Lipinski definition) is 2. The minimum atomic E-state index is -0.479. The molecule has 3 atom stereocenters. The number of anilines is 2. The second-order valence-corrected chi connectivity index (χ2v) is 9.40. The number of imidazole rings is 2. The molecule has 6 rings (SSSR count). The van der Waals surface area contributed by atoms with Crippen molar-refractivity contribution in [1.82, 2.24) is 24.1 Å². The molecule has 2 aliphatic rings. The first-order valence-electron chi connectivity index (χ1n) is 12.1. The van der Waals surface area contributed by atoms with Crippen LogP contribution in [0.15, 0.2) is 49.1 Å². The van der Waals surface area contributed by atoms with Gasteiger partial charge in [-0.05, 0) is 62.4 Å². The summed E-state index contributed by atoms with van der Waals surface area (Å²) in [7, 11) is 0. The van der Waals surface area contributed by atoms with Gasteiger partial charge in [-0.1, -0.05) is 0 Å². The monoisotopic (exact) mass is 493 g/mol. The molecule has 4 heterocycles. The number of nitrogens with zero attached hydrogens (tertiary/aromatic N) is 6. The lowest BCUT2D eigenvalue weighted by atomic mass is 10.0. The quantitative estimate of drug-likeness (QED) is 0.438. The number of amides is 1. The van der Waals surface area contributed by atoms with Gasteiger partial charge in [-0.25, -0.2) is 18.7 Å². The zero-order valence-electron chi connectivity index (χ0n) is 19.4. The van der Waals surface area contributed by atoms with Gasteiger partial charge in [-0.3, -0.25) is 4.79 Å². The molecule has 2 N–H and O–H groups in total. The Morgan fingerprint density at radius 2 is 2.00 bits per heavy atom. The Hall–Kier alpha value is -3.86. The highest BCUT2D eigenvalue weighted by molar-refractivity contribution is 6.02. The van der Waals surface area contributed by atoms with E-state index in [0.717, 1.165) is 31.4 Å². The normalized spacial score (nSPS) is 22.0. The van der Waals surface area contributed by atoms with Crippen molar-refractivity contribution >= 4 is 23.2 Å². The van der Waals surface area contributed by atoms with Crippen molar-refractivity contribution in [2.75, 3.05) is 16.8 Å². The van der Waals surface area contributed by atoms with Gasteiger partial charge in [0.2, 0.25) is 0 Å². The number of fused-ring (bicyclic) bond motifs is 1. The van der Waals surface area contributed by atoms with Crippen LogP contribution in [0.1, 0.15) is 60.2 Å². The maximum absolute atomic E-state index is 14.5. The van der Waals surface area contributed by atoms with E-state index in [4.69, 9.17) is 0 Å². The number of carbonyl (C=O) groups is 1. The van der Waals surface area contributed by atoms with Gasteiger partial charge in [0, 0.05) is 24.3 Å². The van der Waals surface area contributed by atoms with Crippen LogP contribution < -0.4 is 10.2 Å². The topological polar surface area (TPSA) is 101 Å². The first-order chi connectivity index (χ1) is 17.5. The summed E-state index contributed by atoms with van der Waals surface area (Å²) in [4.78, 5) is 23.4. The minimum Gasteiger partial charge on any atom is -0.393 e. The molecule has 9 nitrogen and oxygen atoms in total. The Morgan fingerprint density at radius 3 is 2.83 bits per heavy atom. The molecule has 2 unspecified atom stereocenters. The lowest BCUT2D eigenvalue weighted by Crippen LogP contribution is -2.25. The fourth-order valence-electron chi connectivity index (χ4n) is 5.28. The number of aromatic nitrogens is 5. The maximum Gasteiger partial charge on any atom is 0.277 e. The van der Waals surface area contributed by atoms with E-state index in [1.54, 1.807) is 24.7 Å². The highest BCUT2D eigenvalue weighted by Crippen LogP contribution is 2.37. The summed E-state index contributed by atoms with van der Waals surface area (Å²) in [5.74, 6) is -0.381. The van der Waals surface area contributed by atoms with Crippen molar-refractivity contribution < 1.29 is 18.7 Å². The Bertz CT molecular complexity index is 1440.